The Morgan fingerprint density at radius 3 is 2.55 bits per heavy atom. The Morgan fingerprint density at radius 2 is 1.81 bits per heavy atom. The predicted octanol–water partition coefficient (Wildman–Crippen LogP) is 4.46. The highest BCUT2D eigenvalue weighted by atomic mass is 16.5. The van der Waals surface area contributed by atoms with Crippen molar-refractivity contribution in [3.63, 3.8) is 0 Å². The molecule has 3 aromatic rings. The van der Waals surface area contributed by atoms with Crippen molar-refractivity contribution in [2.24, 2.45) is 0 Å². The lowest BCUT2D eigenvalue weighted by Gasteiger charge is -2.25. The summed E-state index contributed by atoms with van der Waals surface area (Å²) in [5, 5.41) is 0. The number of benzene rings is 2. The minimum Gasteiger partial charge on any atom is -0.465 e. The average molecular weight is 420 g/mol. The van der Waals surface area contributed by atoms with Gasteiger partial charge >= 0.3 is 5.97 Å². The van der Waals surface area contributed by atoms with E-state index in [1.807, 2.05) is 19.1 Å². The molecule has 0 saturated carbocycles. The first-order valence-corrected chi connectivity index (χ1v) is 10.7. The molecule has 1 saturated heterocycles. The van der Waals surface area contributed by atoms with Crippen molar-refractivity contribution in [3.8, 4) is 11.5 Å². The van der Waals surface area contributed by atoms with Gasteiger partial charge in [0, 0.05) is 44.0 Å². The normalized spacial score (nSPS) is 15.0. The molecule has 0 N–H and O–H groups in total. The molecule has 0 bridgehead atoms. The molecule has 6 nitrogen and oxygen atoms in total. The van der Waals surface area contributed by atoms with E-state index in [1.54, 1.807) is 12.1 Å². The van der Waals surface area contributed by atoms with Gasteiger partial charge in [0.05, 0.1) is 18.4 Å². The zero-order chi connectivity index (χ0) is 21.8. The number of anilines is 1. The van der Waals surface area contributed by atoms with Crippen molar-refractivity contribution in [2.75, 3.05) is 38.2 Å². The Bertz CT molecular complexity index is 1040. The minimum atomic E-state index is -0.350. The molecule has 1 aliphatic rings. The summed E-state index contributed by atoms with van der Waals surface area (Å²) in [4.78, 5) is 21.3. The van der Waals surface area contributed by atoms with Crippen LogP contribution in [0.1, 0.15) is 33.8 Å². The van der Waals surface area contributed by atoms with Crippen LogP contribution in [0.5, 0.6) is 0 Å². The number of hydrogen-bond donors (Lipinski definition) is 0. The standard InChI is InChI=1S/C25H29N3O3/c1-18-7-4-5-8-23(18)28-14-6-13-27(15-16-28)17-22-19(2)31-24(26-22)20-9-11-21(12-10-20)25(29)30-3/h4-5,7-12H,6,13-17H2,1-3H3. The van der Waals surface area contributed by atoms with Crippen LogP contribution >= 0.6 is 0 Å². The summed E-state index contributed by atoms with van der Waals surface area (Å²) < 4.78 is 10.7. The number of rotatable bonds is 5. The van der Waals surface area contributed by atoms with E-state index in [-0.39, 0.29) is 5.97 Å². The van der Waals surface area contributed by atoms with E-state index in [9.17, 15) is 4.79 Å². The van der Waals surface area contributed by atoms with Gasteiger partial charge < -0.3 is 14.1 Å². The van der Waals surface area contributed by atoms with E-state index >= 15 is 0 Å². The van der Waals surface area contributed by atoms with Gasteiger partial charge in [0.1, 0.15) is 5.76 Å². The zero-order valence-corrected chi connectivity index (χ0v) is 18.4. The Kier molecular flexibility index (Phi) is 6.37. The molecule has 1 aliphatic heterocycles. The third-order valence-corrected chi connectivity index (χ3v) is 5.86. The molecule has 0 aliphatic carbocycles. The number of carbonyl (C=O) groups excluding carboxylic acids is 1. The quantitative estimate of drug-likeness (QED) is 0.569. The molecule has 1 aromatic heterocycles. The van der Waals surface area contributed by atoms with Crippen molar-refractivity contribution in [1.29, 1.82) is 0 Å². The smallest absolute Gasteiger partial charge is 0.337 e. The number of nitrogens with zero attached hydrogens (tertiary/aromatic N) is 3. The maximum absolute atomic E-state index is 11.6. The van der Waals surface area contributed by atoms with E-state index < -0.39 is 0 Å². The Balaban J connectivity index is 1.42. The second kappa shape index (κ2) is 9.35. The summed E-state index contributed by atoms with van der Waals surface area (Å²) in [6.45, 7) is 9.02. The number of ether oxygens (including phenoxy) is 1. The Labute approximate surface area is 183 Å². The molecule has 0 spiro atoms. The fourth-order valence-corrected chi connectivity index (χ4v) is 4.06. The number of hydrogen-bond acceptors (Lipinski definition) is 6. The molecular weight excluding hydrogens is 390 g/mol. The van der Waals surface area contributed by atoms with E-state index in [4.69, 9.17) is 14.1 Å². The van der Waals surface area contributed by atoms with Crippen LogP contribution in [-0.2, 0) is 11.3 Å². The summed E-state index contributed by atoms with van der Waals surface area (Å²) in [6, 6.07) is 15.7. The van der Waals surface area contributed by atoms with Crippen LogP contribution in [0.3, 0.4) is 0 Å². The molecule has 4 rings (SSSR count). The van der Waals surface area contributed by atoms with Crippen LogP contribution in [0.2, 0.25) is 0 Å². The summed E-state index contributed by atoms with van der Waals surface area (Å²) in [5.41, 5.74) is 4.99. The molecule has 0 radical (unpaired) electrons. The fourth-order valence-electron chi connectivity index (χ4n) is 4.06. The molecule has 162 valence electrons. The first kappa shape index (κ1) is 21.1. The highest BCUT2D eigenvalue weighted by Gasteiger charge is 2.19. The summed E-state index contributed by atoms with van der Waals surface area (Å²) in [6.07, 6.45) is 1.12. The number of methoxy groups -OCH3 is 1. The number of aryl methyl sites for hydroxylation is 2. The van der Waals surface area contributed by atoms with Gasteiger partial charge in [0.25, 0.3) is 0 Å². The molecular formula is C25H29N3O3. The van der Waals surface area contributed by atoms with E-state index in [2.05, 4.69) is 41.0 Å². The average Bonchev–Trinajstić information content (AvgIpc) is 3.00. The van der Waals surface area contributed by atoms with Gasteiger partial charge in [0.15, 0.2) is 0 Å². The fraction of sp³-hybridized carbons (Fsp3) is 0.360. The predicted molar refractivity (Wildman–Crippen MR) is 121 cm³/mol. The zero-order valence-electron chi connectivity index (χ0n) is 18.4. The maximum Gasteiger partial charge on any atom is 0.337 e. The molecule has 0 atom stereocenters. The lowest BCUT2D eigenvalue weighted by atomic mass is 10.1. The van der Waals surface area contributed by atoms with Crippen LogP contribution < -0.4 is 4.90 Å². The van der Waals surface area contributed by atoms with E-state index in [1.165, 1.54) is 18.4 Å². The van der Waals surface area contributed by atoms with Gasteiger partial charge in [-0.2, -0.15) is 0 Å². The third-order valence-electron chi connectivity index (χ3n) is 5.86. The highest BCUT2D eigenvalue weighted by Crippen LogP contribution is 2.25. The van der Waals surface area contributed by atoms with Gasteiger partial charge in [-0.25, -0.2) is 9.78 Å². The molecule has 1 fully saturated rings. The van der Waals surface area contributed by atoms with Gasteiger partial charge in [-0.3, -0.25) is 4.90 Å². The number of oxazole rings is 1. The first-order valence-electron chi connectivity index (χ1n) is 10.7. The summed E-state index contributed by atoms with van der Waals surface area (Å²) >= 11 is 0. The molecule has 0 unspecified atom stereocenters. The van der Waals surface area contributed by atoms with Crippen LogP contribution in [0.25, 0.3) is 11.5 Å². The van der Waals surface area contributed by atoms with Gasteiger partial charge in [-0.05, 0) is 56.2 Å². The van der Waals surface area contributed by atoms with Crippen LogP contribution in [0.15, 0.2) is 52.9 Å². The molecule has 2 heterocycles. The SMILES string of the molecule is COC(=O)c1ccc(-c2nc(CN3CCCN(c4ccccc4C)CC3)c(C)o2)cc1. The van der Waals surface area contributed by atoms with Crippen LogP contribution in [-0.4, -0.2) is 49.1 Å². The van der Waals surface area contributed by atoms with Gasteiger partial charge in [0.2, 0.25) is 5.89 Å². The number of para-hydroxylation sites is 1. The number of aromatic nitrogens is 1. The second-order valence-electron chi connectivity index (χ2n) is 7.99. The topological polar surface area (TPSA) is 58.8 Å². The van der Waals surface area contributed by atoms with Crippen molar-refractivity contribution in [1.82, 2.24) is 9.88 Å². The lowest BCUT2D eigenvalue weighted by Crippen LogP contribution is -2.31. The minimum absolute atomic E-state index is 0.350. The highest BCUT2D eigenvalue weighted by molar-refractivity contribution is 5.89. The largest absolute Gasteiger partial charge is 0.465 e. The number of esters is 1. The van der Waals surface area contributed by atoms with Crippen molar-refractivity contribution in [2.45, 2.75) is 26.8 Å². The lowest BCUT2D eigenvalue weighted by molar-refractivity contribution is 0.0600. The molecule has 31 heavy (non-hydrogen) atoms. The monoisotopic (exact) mass is 419 g/mol. The van der Waals surface area contributed by atoms with Crippen molar-refractivity contribution in [3.05, 3.63) is 71.1 Å². The van der Waals surface area contributed by atoms with Crippen LogP contribution in [0, 0.1) is 13.8 Å². The first-order chi connectivity index (χ1) is 15.0. The Morgan fingerprint density at radius 1 is 1.03 bits per heavy atom. The van der Waals surface area contributed by atoms with Crippen LogP contribution in [0.4, 0.5) is 5.69 Å². The van der Waals surface area contributed by atoms with Gasteiger partial charge in [-0.1, -0.05) is 18.2 Å². The van der Waals surface area contributed by atoms with Gasteiger partial charge in [-0.15, -0.1) is 0 Å². The molecule has 0 amide bonds. The van der Waals surface area contributed by atoms with Crippen molar-refractivity contribution >= 4 is 11.7 Å². The third kappa shape index (κ3) is 4.80. The van der Waals surface area contributed by atoms with Crippen molar-refractivity contribution < 1.29 is 13.9 Å². The van der Waals surface area contributed by atoms with E-state index in [0.717, 1.165) is 56.2 Å². The second-order valence-corrected chi connectivity index (χ2v) is 7.99. The maximum atomic E-state index is 11.6. The summed E-state index contributed by atoms with van der Waals surface area (Å²) in [5.74, 6) is 1.07. The molecule has 2 aromatic carbocycles. The van der Waals surface area contributed by atoms with E-state index in [0.29, 0.717) is 11.5 Å². The number of carbonyl (C=O) groups is 1. The molecule has 6 heteroatoms. The summed E-state index contributed by atoms with van der Waals surface area (Å²) in [7, 11) is 1.38. The Hall–Kier alpha value is -3.12.